The first-order valence-electron chi connectivity index (χ1n) is 8.04. The lowest BCUT2D eigenvalue weighted by molar-refractivity contribution is 0.187. The van der Waals surface area contributed by atoms with Crippen LogP contribution in [-0.4, -0.2) is 26.2 Å². The molecular formula is C19H25IN4O2. The molecule has 0 aliphatic rings. The van der Waals surface area contributed by atoms with Crippen LogP contribution < -0.4 is 16.0 Å². The Kier molecular flexibility index (Phi) is 9.50. The standard InChI is InChI=1S/C19H24N4O2.HI/c1-14-4-6-15(7-5-14)12-21-18(20-2)22-13-16-8-10-17(11-9-16)23-19(24)25-3;/h4-11H,12-13H2,1-3H3,(H,23,24)(H2,20,21,22);1H. The predicted molar refractivity (Wildman–Crippen MR) is 116 cm³/mol. The van der Waals surface area contributed by atoms with E-state index in [2.05, 4.69) is 56.9 Å². The summed E-state index contributed by atoms with van der Waals surface area (Å²) in [6, 6.07) is 15.9. The third-order valence-electron chi connectivity index (χ3n) is 3.65. The second-order valence-electron chi connectivity index (χ2n) is 5.58. The number of rotatable bonds is 5. The Balaban J connectivity index is 0.00000338. The molecule has 3 N–H and O–H groups in total. The molecule has 0 radical (unpaired) electrons. The number of anilines is 1. The minimum Gasteiger partial charge on any atom is -0.453 e. The second kappa shape index (κ2) is 11.3. The summed E-state index contributed by atoms with van der Waals surface area (Å²) in [5.74, 6) is 0.734. The molecule has 2 aromatic rings. The molecule has 6 nitrogen and oxygen atoms in total. The summed E-state index contributed by atoms with van der Waals surface area (Å²) in [5, 5.41) is 9.17. The highest BCUT2D eigenvalue weighted by atomic mass is 127. The number of aliphatic imine (C=N–C) groups is 1. The van der Waals surface area contributed by atoms with Crippen LogP contribution >= 0.6 is 24.0 Å². The van der Waals surface area contributed by atoms with Gasteiger partial charge in [-0.05, 0) is 30.2 Å². The van der Waals surface area contributed by atoms with Gasteiger partial charge in [0.15, 0.2) is 5.96 Å². The van der Waals surface area contributed by atoms with Crippen LogP contribution in [0, 0.1) is 6.92 Å². The molecule has 0 spiro atoms. The van der Waals surface area contributed by atoms with E-state index in [1.807, 2.05) is 24.3 Å². The Bertz CT molecular complexity index is 715. The molecule has 0 aromatic heterocycles. The zero-order valence-corrected chi connectivity index (χ0v) is 17.5. The number of halogens is 1. The number of methoxy groups -OCH3 is 1. The molecule has 2 aromatic carbocycles. The summed E-state index contributed by atoms with van der Waals surface area (Å²) < 4.78 is 4.56. The minimum atomic E-state index is -0.480. The molecule has 2 rings (SSSR count). The number of nitrogens with zero attached hydrogens (tertiary/aromatic N) is 1. The number of amides is 1. The molecule has 140 valence electrons. The first-order chi connectivity index (χ1) is 12.1. The summed E-state index contributed by atoms with van der Waals surface area (Å²) in [4.78, 5) is 15.4. The molecule has 0 fully saturated rings. The van der Waals surface area contributed by atoms with Gasteiger partial charge < -0.3 is 15.4 Å². The van der Waals surface area contributed by atoms with Crippen molar-refractivity contribution in [2.24, 2.45) is 4.99 Å². The Hall–Kier alpha value is -2.29. The normalized spacial score (nSPS) is 10.5. The fourth-order valence-electron chi connectivity index (χ4n) is 2.17. The molecule has 0 saturated carbocycles. The van der Waals surface area contributed by atoms with Gasteiger partial charge in [0.2, 0.25) is 0 Å². The van der Waals surface area contributed by atoms with Crippen LogP contribution in [0.15, 0.2) is 53.5 Å². The monoisotopic (exact) mass is 468 g/mol. The van der Waals surface area contributed by atoms with Crippen molar-refractivity contribution in [3.05, 3.63) is 65.2 Å². The van der Waals surface area contributed by atoms with Gasteiger partial charge in [-0.2, -0.15) is 0 Å². The highest BCUT2D eigenvalue weighted by molar-refractivity contribution is 14.0. The van der Waals surface area contributed by atoms with E-state index in [4.69, 9.17) is 0 Å². The van der Waals surface area contributed by atoms with Crippen molar-refractivity contribution in [3.8, 4) is 0 Å². The number of nitrogens with one attached hydrogen (secondary N) is 3. The summed E-state index contributed by atoms with van der Waals surface area (Å²) >= 11 is 0. The van der Waals surface area contributed by atoms with Crippen LogP contribution in [0.25, 0.3) is 0 Å². The smallest absolute Gasteiger partial charge is 0.411 e. The maximum atomic E-state index is 11.2. The van der Waals surface area contributed by atoms with Crippen molar-refractivity contribution in [2.75, 3.05) is 19.5 Å². The van der Waals surface area contributed by atoms with Gasteiger partial charge in [-0.3, -0.25) is 10.3 Å². The van der Waals surface area contributed by atoms with Crippen LogP contribution in [0.3, 0.4) is 0 Å². The first kappa shape index (κ1) is 21.8. The number of guanidine groups is 1. The number of aryl methyl sites for hydroxylation is 1. The van der Waals surface area contributed by atoms with E-state index in [0.29, 0.717) is 18.8 Å². The van der Waals surface area contributed by atoms with Crippen LogP contribution in [0.2, 0.25) is 0 Å². The van der Waals surface area contributed by atoms with E-state index >= 15 is 0 Å². The van der Waals surface area contributed by atoms with Gasteiger partial charge in [-0.1, -0.05) is 42.0 Å². The Morgan fingerprint density at radius 2 is 1.46 bits per heavy atom. The van der Waals surface area contributed by atoms with Crippen molar-refractivity contribution < 1.29 is 9.53 Å². The average molecular weight is 468 g/mol. The third-order valence-corrected chi connectivity index (χ3v) is 3.65. The Morgan fingerprint density at radius 3 is 1.92 bits per heavy atom. The maximum absolute atomic E-state index is 11.2. The molecular weight excluding hydrogens is 443 g/mol. The first-order valence-corrected chi connectivity index (χ1v) is 8.04. The summed E-state index contributed by atoms with van der Waals surface area (Å²) in [5.41, 5.74) is 4.22. The van der Waals surface area contributed by atoms with Gasteiger partial charge >= 0.3 is 6.09 Å². The van der Waals surface area contributed by atoms with Gasteiger partial charge in [0.05, 0.1) is 7.11 Å². The molecule has 0 aliphatic heterocycles. The number of benzene rings is 2. The van der Waals surface area contributed by atoms with Gasteiger partial charge in [-0.25, -0.2) is 4.79 Å². The lowest BCUT2D eigenvalue weighted by atomic mass is 10.1. The SMILES string of the molecule is CN=C(NCc1ccc(C)cc1)NCc1ccc(NC(=O)OC)cc1.I. The van der Waals surface area contributed by atoms with Crippen molar-refractivity contribution in [1.29, 1.82) is 0 Å². The van der Waals surface area contributed by atoms with Gasteiger partial charge in [-0.15, -0.1) is 24.0 Å². The van der Waals surface area contributed by atoms with E-state index < -0.39 is 6.09 Å². The van der Waals surface area contributed by atoms with E-state index in [-0.39, 0.29) is 24.0 Å². The highest BCUT2D eigenvalue weighted by Crippen LogP contribution is 2.09. The van der Waals surface area contributed by atoms with Crippen LogP contribution in [0.4, 0.5) is 10.5 Å². The molecule has 0 bridgehead atoms. The zero-order chi connectivity index (χ0) is 18.1. The molecule has 1 amide bonds. The number of carbonyl (C=O) groups excluding carboxylic acids is 1. The minimum absolute atomic E-state index is 0. The molecule has 0 heterocycles. The molecule has 0 aliphatic carbocycles. The number of hydrogen-bond donors (Lipinski definition) is 3. The fraction of sp³-hybridized carbons (Fsp3) is 0.263. The van der Waals surface area contributed by atoms with Crippen LogP contribution in [0.1, 0.15) is 16.7 Å². The van der Waals surface area contributed by atoms with Crippen molar-refractivity contribution >= 4 is 41.7 Å². The molecule has 0 unspecified atom stereocenters. The molecule has 26 heavy (non-hydrogen) atoms. The quantitative estimate of drug-likeness (QED) is 0.356. The van der Waals surface area contributed by atoms with E-state index in [1.165, 1.54) is 18.2 Å². The predicted octanol–water partition coefficient (Wildman–Crippen LogP) is 3.66. The summed E-state index contributed by atoms with van der Waals surface area (Å²) in [7, 11) is 3.08. The van der Waals surface area contributed by atoms with E-state index in [0.717, 1.165) is 11.5 Å². The third kappa shape index (κ3) is 7.30. The van der Waals surface area contributed by atoms with Crippen molar-refractivity contribution in [2.45, 2.75) is 20.0 Å². The van der Waals surface area contributed by atoms with Gasteiger partial charge in [0.1, 0.15) is 0 Å². The lowest BCUT2D eigenvalue weighted by Gasteiger charge is -2.12. The van der Waals surface area contributed by atoms with Crippen molar-refractivity contribution in [3.63, 3.8) is 0 Å². The average Bonchev–Trinajstić information content (AvgIpc) is 2.64. The van der Waals surface area contributed by atoms with Gasteiger partial charge in [0, 0.05) is 25.8 Å². The van der Waals surface area contributed by atoms with Crippen LogP contribution in [-0.2, 0) is 17.8 Å². The van der Waals surface area contributed by atoms with E-state index in [1.54, 1.807) is 7.05 Å². The maximum Gasteiger partial charge on any atom is 0.411 e. The summed E-state index contributed by atoms with van der Waals surface area (Å²) in [6.07, 6.45) is -0.480. The van der Waals surface area contributed by atoms with Crippen LogP contribution in [0.5, 0.6) is 0 Å². The van der Waals surface area contributed by atoms with E-state index in [9.17, 15) is 4.79 Å². The number of hydrogen-bond acceptors (Lipinski definition) is 3. The topological polar surface area (TPSA) is 74.8 Å². The van der Waals surface area contributed by atoms with Crippen molar-refractivity contribution in [1.82, 2.24) is 10.6 Å². The van der Waals surface area contributed by atoms with Gasteiger partial charge in [0.25, 0.3) is 0 Å². The molecule has 7 heteroatoms. The second-order valence-corrected chi connectivity index (χ2v) is 5.58. The Labute approximate surface area is 171 Å². The lowest BCUT2D eigenvalue weighted by Crippen LogP contribution is -2.36. The number of carbonyl (C=O) groups is 1. The fourth-order valence-corrected chi connectivity index (χ4v) is 2.17. The molecule has 0 atom stereocenters. The largest absolute Gasteiger partial charge is 0.453 e. The summed E-state index contributed by atoms with van der Waals surface area (Å²) in [6.45, 7) is 3.41. The Morgan fingerprint density at radius 1 is 0.962 bits per heavy atom. The zero-order valence-electron chi connectivity index (χ0n) is 15.2. The highest BCUT2D eigenvalue weighted by Gasteiger charge is 2.02. The molecule has 0 saturated heterocycles. The number of ether oxygens (including phenoxy) is 1.